The lowest BCUT2D eigenvalue weighted by Gasteiger charge is -2.19. The molecule has 112 valence electrons. The van der Waals surface area contributed by atoms with Crippen molar-refractivity contribution in [2.45, 2.75) is 0 Å². The van der Waals surface area contributed by atoms with Gasteiger partial charge in [0, 0.05) is 17.7 Å². The van der Waals surface area contributed by atoms with Gasteiger partial charge in [0.15, 0.2) is 0 Å². The van der Waals surface area contributed by atoms with Crippen LogP contribution in [0.5, 0.6) is 0 Å². The van der Waals surface area contributed by atoms with Crippen molar-refractivity contribution in [1.82, 2.24) is 0 Å². The molecule has 4 aromatic carbocycles. The van der Waals surface area contributed by atoms with Crippen LogP contribution < -0.4 is 10.6 Å². The molecule has 0 bridgehead atoms. The monoisotopic (exact) mass is 316 g/mol. The molecule has 0 aliphatic carbocycles. The number of fused-ring (bicyclic) bond motifs is 3. The molecule has 4 aromatic rings. The zero-order valence-corrected chi connectivity index (χ0v) is 13.8. The maximum absolute atomic E-state index is 5.94. The SMILES string of the molecule is COP(c1ccccc1)c1cc2ccccc2c2ccccc12. The number of rotatable bonds is 3. The molecule has 0 amide bonds. The summed E-state index contributed by atoms with van der Waals surface area (Å²) in [6, 6.07) is 30.0. The highest BCUT2D eigenvalue weighted by Gasteiger charge is 2.17. The molecule has 2 heteroatoms. The Hall–Kier alpha value is -2.21. The van der Waals surface area contributed by atoms with Crippen LogP contribution in [0.1, 0.15) is 0 Å². The van der Waals surface area contributed by atoms with E-state index in [0.29, 0.717) is 0 Å². The second kappa shape index (κ2) is 6.12. The average molecular weight is 316 g/mol. The Morgan fingerprint density at radius 2 is 1.26 bits per heavy atom. The molecule has 0 aliphatic rings. The van der Waals surface area contributed by atoms with Crippen LogP contribution in [0.25, 0.3) is 21.5 Å². The molecule has 0 saturated carbocycles. The van der Waals surface area contributed by atoms with Crippen molar-refractivity contribution in [3.05, 3.63) is 84.9 Å². The van der Waals surface area contributed by atoms with Crippen molar-refractivity contribution >= 4 is 40.3 Å². The van der Waals surface area contributed by atoms with E-state index in [1.165, 1.54) is 32.2 Å². The summed E-state index contributed by atoms with van der Waals surface area (Å²) in [6.07, 6.45) is 0. The first-order valence-electron chi connectivity index (χ1n) is 7.68. The van der Waals surface area contributed by atoms with E-state index in [0.717, 1.165) is 0 Å². The van der Waals surface area contributed by atoms with Crippen LogP contribution in [0.3, 0.4) is 0 Å². The van der Waals surface area contributed by atoms with Crippen LogP contribution in [-0.4, -0.2) is 7.11 Å². The summed E-state index contributed by atoms with van der Waals surface area (Å²) >= 11 is 0. The summed E-state index contributed by atoms with van der Waals surface area (Å²) in [7, 11) is 0.987. The minimum absolute atomic E-state index is 0.822. The largest absolute Gasteiger partial charge is 0.353 e. The molecule has 0 N–H and O–H groups in total. The Morgan fingerprint density at radius 3 is 2.00 bits per heavy atom. The lowest BCUT2D eigenvalue weighted by Crippen LogP contribution is -2.13. The minimum Gasteiger partial charge on any atom is -0.353 e. The average Bonchev–Trinajstić information content (AvgIpc) is 2.63. The van der Waals surface area contributed by atoms with Crippen LogP contribution in [0.4, 0.5) is 0 Å². The van der Waals surface area contributed by atoms with Gasteiger partial charge in [0.1, 0.15) is 0 Å². The first-order chi connectivity index (χ1) is 11.4. The van der Waals surface area contributed by atoms with Crippen LogP contribution in [0.2, 0.25) is 0 Å². The van der Waals surface area contributed by atoms with Gasteiger partial charge in [-0.15, -0.1) is 0 Å². The number of benzene rings is 4. The molecule has 0 heterocycles. The van der Waals surface area contributed by atoms with Crippen molar-refractivity contribution in [3.63, 3.8) is 0 Å². The molecule has 0 fully saturated rings. The van der Waals surface area contributed by atoms with Gasteiger partial charge in [-0.3, -0.25) is 0 Å². The van der Waals surface area contributed by atoms with E-state index >= 15 is 0 Å². The van der Waals surface area contributed by atoms with E-state index in [1.807, 2.05) is 13.2 Å². The third-order valence-corrected chi connectivity index (χ3v) is 6.08. The summed E-state index contributed by atoms with van der Waals surface area (Å²) < 4.78 is 5.94. The molecular formula is C21H17OP. The summed E-state index contributed by atoms with van der Waals surface area (Å²) in [6.45, 7) is 0. The van der Waals surface area contributed by atoms with Crippen molar-refractivity contribution < 1.29 is 4.52 Å². The van der Waals surface area contributed by atoms with Gasteiger partial charge in [-0.25, -0.2) is 0 Å². The summed E-state index contributed by atoms with van der Waals surface area (Å²) in [5, 5.41) is 7.66. The maximum atomic E-state index is 5.94. The summed E-state index contributed by atoms with van der Waals surface area (Å²) in [4.78, 5) is 0. The topological polar surface area (TPSA) is 9.23 Å². The second-order valence-corrected chi connectivity index (χ2v) is 7.43. The van der Waals surface area contributed by atoms with Gasteiger partial charge in [0.05, 0.1) is 8.15 Å². The number of hydrogen-bond acceptors (Lipinski definition) is 1. The molecule has 1 nitrogen and oxygen atoms in total. The number of hydrogen-bond donors (Lipinski definition) is 0. The highest BCUT2D eigenvalue weighted by Crippen LogP contribution is 2.38. The molecule has 23 heavy (non-hydrogen) atoms. The van der Waals surface area contributed by atoms with Crippen LogP contribution in [-0.2, 0) is 4.52 Å². The molecule has 0 aromatic heterocycles. The first kappa shape index (κ1) is 14.4. The third kappa shape index (κ3) is 2.53. The second-order valence-electron chi connectivity index (χ2n) is 5.47. The fourth-order valence-corrected chi connectivity index (χ4v) is 4.91. The van der Waals surface area contributed by atoms with Gasteiger partial charge in [-0.1, -0.05) is 78.9 Å². The molecule has 4 rings (SSSR count). The van der Waals surface area contributed by atoms with E-state index in [1.54, 1.807) is 0 Å². The zero-order chi connectivity index (χ0) is 15.6. The molecule has 0 aliphatic heterocycles. The van der Waals surface area contributed by atoms with Gasteiger partial charge < -0.3 is 4.52 Å². The van der Waals surface area contributed by atoms with Gasteiger partial charge >= 0.3 is 0 Å². The highest BCUT2D eigenvalue weighted by molar-refractivity contribution is 7.69. The lowest BCUT2D eigenvalue weighted by molar-refractivity contribution is 0.474. The Balaban J connectivity index is 2.05. The standard InChI is InChI=1S/C21H17OP/c1-22-23(17-10-3-2-4-11-17)21-15-16-9-5-6-12-18(16)19-13-7-8-14-20(19)21/h2-15H,1H3. The van der Waals surface area contributed by atoms with E-state index in [9.17, 15) is 0 Å². The molecule has 1 atom stereocenters. The smallest absolute Gasteiger partial charge is 0.0919 e. The molecular weight excluding hydrogens is 299 g/mol. The Labute approximate surface area is 137 Å². The van der Waals surface area contributed by atoms with Crippen LogP contribution in [0, 0.1) is 0 Å². The normalized spacial score (nSPS) is 12.6. The van der Waals surface area contributed by atoms with Crippen LogP contribution >= 0.6 is 8.15 Å². The minimum atomic E-state index is -0.822. The summed E-state index contributed by atoms with van der Waals surface area (Å²) in [5.74, 6) is 0. The Morgan fingerprint density at radius 1 is 0.652 bits per heavy atom. The quantitative estimate of drug-likeness (QED) is 0.382. The molecule has 0 spiro atoms. The van der Waals surface area contributed by atoms with E-state index in [-0.39, 0.29) is 0 Å². The van der Waals surface area contributed by atoms with Gasteiger partial charge in [-0.05, 0) is 27.6 Å². The third-order valence-electron chi connectivity index (χ3n) is 4.14. The van der Waals surface area contributed by atoms with Gasteiger partial charge in [0.2, 0.25) is 0 Å². The fraction of sp³-hybridized carbons (Fsp3) is 0.0476. The van der Waals surface area contributed by atoms with E-state index in [4.69, 9.17) is 4.52 Å². The van der Waals surface area contributed by atoms with Crippen molar-refractivity contribution in [1.29, 1.82) is 0 Å². The first-order valence-corrected chi connectivity index (χ1v) is 8.94. The predicted molar refractivity (Wildman–Crippen MR) is 101 cm³/mol. The van der Waals surface area contributed by atoms with Gasteiger partial charge in [0.25, 0.3) is 0 Å². The fourth-order valence-electron chi connectivity index (χ4n) is 3.11. The lowest BCUT2D eigenvalue weighted by atomic mass is 10.0. The Bertz CT molecular complexity index is 963. The highest BCUT2D eigenvalue weighted by atomic mass is 31.1. The van der Waals surface area contributed by atoms with Crippen LogP contribution in [0.15, 0.2) is 84.9 Å². The van der Waals surface area contributed by atoms with Gasteiger partial charge in [-0.2, -0.15) is 0 Å². The molecule has 0 radical (unpaired) electrons. The van der Waals surface area contributed by atoms with E-state index in [2.05, 4.69) is 78.9 Å². The van der Waals surface area contributed by atoms with Crippen molar-refractivity contribution in [2.75, 3.05) is 7.11 Å². The molecule has 1 unspecified atom stereocenters. The predicted octanol–water partition coefficient (Wildman–Crippen LogP) is 4.99. The van der Waals surface area contributed by atoms with E-state index < -0.39 is 8.15 Å². The van der Waals surface area contributed by atoms with Crippen molar-refractivity contribution in [3.8, 4) is 0 Å². The molecule has 0 saturated heterocycles. The maximum Gasteiger partial charge on any atom is 0.0919 e. The summed E-state index contributed by atoms with van der Waals surface area (Å²) in [5.41, 5.74) is 0. The zero-order valence-electron chi connectivity index (χ0n) is 12.9. The Kier molecular flexibility index (Phi) is 3.83. The van der Waals surface area contributed by atoms with Crippen molar-refractivity contribution in [2.24, 2.45) is 0 Å².